The van der Waals surface area contributed by atoms with Gasteiger partial charge in [-0.25, -0.2) is 4.98 Å². The molecular weight excluding hydrogens is 304 g/mol. The lowest BCUT2D eigenvalue weighted by Gasteiger charge is -2.21. The standard InChI is InChI=1S/C18H22N4O2/c1-13-3-4-17-15(9-13)12-22(11-14(2)24-17)8-7-21-18(23)16-10-19-5-6-20-16/h3-6,9-10,14H,7-8,11-12H2,1-2H3,(H,21,23). The van der Waals surface area contributed by atoms with Crippen LogP contribution in [0.2, 0.25) is 0 Å². The highest BCUT2D eigenvalue weighted by Crippen LogP contribution is 2.25. The predicted octanol–water partition coefficient (Wildman–Crippen LogP) is 1.80. The van der Waals surface area contributed by atoms with Crippen molar-refractivity contribution >= 4 is 5.91 Å². The number of aryl methyl sites for hydroxylation is 1. The molecule has 1 aromatic carbocycles. The van der Waals surface area contributed by atoms with Crippen molar-refractivity contribution in [3.8, 4) is 5.75 Å². The van der Waals surface area contributed by atoms with E-state index in [4.69, 9.17) is 4.74 Å². The van der Waals surface area contributed by atoms with E-state index in [2.05, 4.69) is 46.2 Å². The first kappa shape index (κ1) is 16.4. The zero-order valence-electron chi connectivity index (χ0n) is 14.0. The summed E-state index contributed by atoms with van der Waals surface area (Å²) in [6.45, 7) is 7.12. The van der Waals surface area contributed by atoms with Gasteiger partial charge in [0.15, 0.2) is 0 Å². The number of rotatable bonds is 4. The number of hydrogen-bond acceptors (Lipinski definition) is 5. The molecule has 6 heteroatoms. The molecule has 0 fully saturated rings. The topological polar surface area (TPSA) is 67.4 Å². The number of nitrogens with zero attached hydrogens (tertiary/aromatic N) is 3. The molecule has 0 saturated carbocycles. The zero-order chi connectivity index (χ0) is 16.9. The second-order valence-corrected chi connectivity index (χ2v) is 6.12. The second kappa shape index (κ2) is 7.40. The Morgan fingerprint density at radius 2 is 2.29 bits per heavy atom. The molecule has 0 saturated heterocycles. The smallest absolute Gasteiger partial charge is 0.271 e. The van der Waals surface area contributed by atoms with E-state index in [0.717, 1.165) is 25.4 Å². The summed E-state index contributed by atoms with van der Waals surface area (Å²) < 4.78 is 5.99. The Balaban J connectivity index is 1.58. The quantitative estimate of drug-likeness (QED) is 0.928. The van der Waals surface area contributed by atoms with E-state index in [1.807, 2.05) is 6.07 Å². The number of amides is 1. The molecule has 1 N–H and O–H groups in total. The van der Waals surface area contributed by atoms with E-state index in [1.165, 1.54) is 23.5 Å². The first-order chi connectivity index (χ1) is 11.6. The highest BCUT2D eigenvalue weighted by atomic mass is 16.5. The number of fused-ring (bicyclic) bond motifs is 1. The highest BCUT2D eigenvalue weighted by molar-refractivity contribution is 5.91. The summed E-state index contributed by atoms with van der Waals surface area (Å²) in [6, 6.07) is 6.28. The molecule has 2 aromatic rings. The Hall–Kier alpha value is -2.47. The fourth-order valence-electron chi connectivity index (χ4n) is 2.87. The van der Waals surface area contributed by atoms with Crippen LogP contribution in [-0.2, 0) is 6.54 Å². The lowest BCUT2D eigenvalue weighted by atomic mass is 10.1. The molecule has 6 nitrogen and oxygen atoms in total. The molecule has 1 aliphatic heterocycles. The molecule has 3 rings (SSSR count). The molecule has 1 unspecified atom stereocenters. The fourth-order valence-corrected chi connectivity index (χ4v) is 2.87. The number of ether oxygens (including phenoxy) is 1. The Morgan fingerprint density at radius 1 is 1.42 bits per heavy atom. The zero-order valence-corrected chi connectivity index (χ0v) is 14.0. The summed E-state index contributed by atoms with van der Waals surface area (Å²) >= 11 is 0. The Morgan fingerprint density at radius 3 is 3.08 bits per heavy atom. The van der Waals surface area contributed by atoms with E-state index in [0.29, 0.717) is 12.2 Å². The van der Waals surface area contributed by atoms with Crippen LogP contribution in [0.3, 0.4) is 0 Å². The number of hydrogen-bond donors (Lipinski definition) is 1. The largest absolute Gasteiger partial charge is 0.489 e. The molecule has 1 atom stereocenters. The van der Waals surface area contributed by atoms with Gasteiger partial charge in [0.05, 0.1) is 6.20 Å². The average molecular weight is 326 g/mol. The minimum atomic E-state index is -0.196. The van der Waals surface area contributed by atoms with Gasteiger partial charge in [0, 0.05) is 44.1 Å². The van der Waals surface area contributed by atoms with Gasteiger partial charge in [0.2, 0.25) is 0 Å². The molecular formula is C18H22N4O2. The van der Waals surface area contributed by atoms with Crippen molar-refractivity contribution in [2.45, 2.75) is 26.5 Å². The molecule has 126 valence electrons. The van der Waals surface area contributed by atoms with Crippen molar-refractivity contribution in [2.75, 3.05) is 19.6 Å². The first-order valence-corrected chi connectivity index (χ1v) is 8.14. The van der Waals surface area contributed by atoms with Crippen LogP contribution in [0.1, 0.15) is 28.5 Å². The summed E-state index contributed by atoms with van der Waals surface area (Å²) in [5.41, 5.74) is 2.76. The van der Waals surface area contributed by atoms with Crippen LogP contribution < -0.4 is 10.1 Å². The van der Waals surface area contributed by atoms with Crippen molar-refractivity contribution in [2.24, 2.45) is 0 Å². The number of aromatic nitrogens is 2. The van der Waals surface area contributed by atoms with E-state index >= 15 is 0 Å². The Labute approximate surface area is 141 Å². The number of carbonyl (C=O) groups excluding carboxylic acids is 1. The molecule has 0 radical (unpaired) electrons. The van der Waals surface area contributed by atoms with E-state index in [-0.39, 0.29) is 12.0 Å². The molecule has 1 amide bonds. The van der Waals surface area contributed by atoms with Gasteiger partial charge < -0.3 is 10.1 Å². The number of carbonyl (C=O) groups is 1. The van der Waals surface area contributed by atoms with Gasteiger partial charge in [0.25, 0.3) is 5.91 Å². The monoisotopic (exact) mass is 326 g/mol. The third-order valence-electron chi connectivity index (χ3n) is 3.96. The maximum Gasteiger partial charge on any atom is 0.271 e. The molecule has 1 aliphatic rings. The molecule has 24 heavy (non-hydrogen) atoms. The minimum absolute atomic E-state index is 0.115. The van der Waals surface area contributed by atoms with Gasteiger partial charge in [0.1, 0.15) is 17.5 Å². The van der Waals surface area contributed by atoms with Gasteiger partial charge in [-0.2, -0.15) is 0 Å². The highest BCUT2D eigenvalue weighted by Gasteiger charge is 2.20. The molecule has 2 heterocycles. The van der Waals surface area contributed by atoms with Gasteiger partial charge in [-0.05, 0) is 19.9 Å². The molecule has 0 spiro atoms. The van der Waals surface area contributed by atoms with Crippen LogP contribution in [-0.4, -0.2) is 46.5 Å². The lowest BCUT2D eigenvalue weighted by molar-refractivity contribution is 0.0939. The summed E-state index contributed by atoms with van der Waals surface area (Å²) in [6.07, 6.45) is 4.65. The third-order valence-corrected chi connectivity index (χ3v) is 3.96. The van der Waals surface area contributed by atoms with Crippen LogP contribution in [0, 0.1) is 6.92 Å². The van der Waals surface area contributed by atoms with E-state index < -0.39 is 0 Å². The minimum Gasteiger partial charge on any atom is -0.489 e. The van der Waals surface area contributed by atoms with Crippen LogP contribution >= 0.6 is 0 Å². The van der Waals surface area contributed by atoms with Gasteiger partial charge in [-0.1, -0.05) is 17.7 Å². The second-order valence-electron chi connectivity index (χ2n) is 6.12. The van der Waals surface area contributed by atoms with Crippen molar-refractivity contribution in [1.82, 2.24) is 20.2 Å². The summed E-state index contributed by atoms with van der Waals surface area (Å²) in [7, 11) is 0. The summed E-state index contributed by atoms with van der Waals surface area (Å²) in [5, 5.41) is 2.89. The molecule has 0 bridgehead atoms. The maximum atomic E-state index is 12.0. The van der Waals surface area contributed by atoms with E-state index in [1.54, 1.807) is 6.20 Å². The van der Waals surface area contributed by atoms with Crippen LogP contribution in [0.5, 0.6) is 5.75 Å². The van der Waals surface area contributed by atoms with Crippen LogP contribution in [0.4, 0.5) is 0 Å². The maximum absolute atomic E-state index is 12.0. The first-order valence-electron chi connectivity index (χ1n) is 8.14. The summed E-state index contributed by atoms with van der Waals surface area (Å²) in [5.74, 6) is 0.762. The fraction of sp³-hybridized carbons (Fsp3) is 0.389. The van der Waals surface area contributed by atoms with Crippen molar-refractivity contribution in [1.29, 1.82) is 0 Å². The number of nitrogens with one attached hydrogen (secondary N) is 1. The van der Waals surface area contributed by atoms with Gasteiger partial charge >= 0.3 is 0 Å². The number of benzene rings is 1. The van der Waals surface area contributed by atoms with E-state index in [9.17, 15) is 4.79 Å². The molecule has 0 aliphatic carbocycles. The average Bonchev–Trinajstić information content (AvgIpc) is 2.73. The SMILES string of the molecule is Cc1ccc2c(c1)CN(CCNC(=O)c1cnccn1)CC(C)O2. The third kappa shape index (κ3) is 4.08. The van der Waals surface area contributed by atoms with Crippen LogP contribution in [0.15, 0.2) is 36.8 Å². The normalized spacial score (nSPS) is 17.5. The Bertz CT molecular complexity index is 705. The van der Waals surface area contributed by atoms with Crippen molar-refractivity contribution < 1.29 is 9.53 Å². The van der Waals surface area contributed by atoms with Crippen molar-refractivity contribution in [3.63, 3.8) is 0 Å². The van der Waals surface area contributed by atoms with Gasteiger partial charge in [-0.3, -0.25) is 14.7 Å². The summed E-state index contributed by atoms with van der Waals surface area (Å²) in [4.78, 5) is 22.2. The molecule has 1 aromatic heterocycles. The lowest BCUT2D eigenvalue weighted by Crippen LogP contribution is -2.38. The van der Waals surface area contributed by atoms with Crippen LogP contribution in [0.25, 0.3) is 0 Å². The Kier molecular flexibility index (Phi) is 5.05. The van der Waals surface area contributed by atoms with Gasteiger partial charge in [-0.15, -0.1) is 0 Å². The van der Waals surface area contributed by atoms with Crippen molar-refractivity contribution in [3.05, 3.63) is 53.6 Å². The predicted molar refractivity (Wildman–Crippen MR) is 90.9 cm³/mol.